The number of pyridine rings is 1. The fraction of sp³-hybridized carbons (Fsp3) is 0.333. The molecule has 0 spiro atoms. The van der Waals surface area contributed by atoms with Crippen molar-refractivity contribution in [2.24, 2.45) is 5.92 Å². The van der Waals surface area contributed by atoms with E-state index >= 15 is 0 Å². The van der Waals surface area contributed by atoms with Gasteiger partial charge in [-0.05, 0) is 12.1 Å². The highest BCUT2D eigenvalue weighted by molar-refractivity contribution is 6.19. The number of nitrogens with one attached hydrogen (secondary N) is 1. The predicted octanol–water partition coefficient (Wildman–Crippen LogP) is 1.89. The molecule has 0 radical (unpaired) electrons. The summed E-state index contributed by atoms with van der Waals surface area (Å²) in [4.78, 5) is 15.2. The van der Waals surface area contributed by atoms with E-state index in [0.717, 1.165) is 0 Å². The molecule has 70 valence electrons. The molecule has 1 heterocycles. The molecular weight excluding hydrogens is 188 g/mol. The summed E-state index contributed by atoms with van der Waals surface area (Å²) in [5, 5.41) is 2.71. The maximum Gasteiger partial charge on any atom is 0.228 e. The summed E-state index contributed by atoms with van der Waals surface area (Å²) in [6.45, 7) is 1.78. The third-order valence-corrected chi connectivity index (χ3v) is 2.07. The minimum absolute atomic E-state index is 0.0806. The summed E-state index contributed by atoms with van der Waals surface area (Å²) in [5.74, 6) is 0.0661. The van der Waals surface area contributed by atoms with Crippen LogP contribution in [0, 0.1) is 5.92 Å². The number of halogens is 1. The summed E-state index contributed by atoms with van der Waals surface area (Å²) >= 11 is 5.54. The summed E-state index contributed by atoms with van der Waals surface area (Å²) in [5.41, 5.74) is 0.699. The molecule has 0 saturated heterocycles. The summed E-state index contributed by atoms with van der Waals surface area (Å²) in [7, 11) is 0. The predicted molar refractivity (Wildman–Crippen MR) is 52.8 cm³/mol. The van der Waals surface area contributed by atoms with E-state index in [4.69, 9.17) is 11.6 Å². The van der Waals surface area contributed by atoms with E-state index in [1.54, 1.807) is 31.5 Å². The minimum Gasteiger partial charge on any atom is -0.324 e. The molecule has 0 aliphatic rings. The molecule has 1 atom stereocenters. The van der Waals surface area contributed by atoms with Crippen molar-refractivity contribution in [1.29, 1.82) is 0 Å². The van der Waals surface area contributed by atoms with Gasteiger partial charge in [0.15, 0.2) is 0 Å². The maximum absolute atomic E-state index is 11.3. The molecule has 1 aromatic heterocycles. The number of aromatic nitrogens is 1. The number of amides is 1. The lowest BCUT2D eigenvalue weighted by Crippen LogP contribution is -2.21. The van der Waals surface area contributed by atoms with Gasteiger partial charge in [0, 0.05) is 18.0 Å². The fourth-order valence-corrected chi connectivity index (χ4v) is 0.912. The van der Waals surface area contributed by atoms with Gasteiger partial charge >= 0.3 is 0 Å². The van der Waals surface area contributed by atoms with Gasteiger partial charge in [-0.1, -0.05) is 6.92 Å². The number of alkyl halides is 1. The molecule has 1 amide bonds. The average molecular weight is 199 g/mol. The first-order chi connectivity index (χ1) is 6.24. The van der Waals surface area contributed by atoms with Crippen LogP contribution in [0.5, 0.6) is 0 Å². The number of hydrogen-bond acceptors (Lipinski definition) is 2. The first-order valence-corrected chi connectivity index (χ1v) is 4.54. The van der Waals surface area contributed by atoms with Crippen molar-refractivity contribution < 1.29 is 4.79 Å². The second kappa shape index (κ2) is 4.82. The van der Waals surface area contributed by atoms with Crippen LogP contribution in [0.1, 0.15) is 6.92 Å². The van der Waals surface area contributed by atoms with Gasteiger partial charge < -0.3 is 5.32 Å². The van der Waals surface area contributed by atoms with Gasteiger partial charge in [-0.15, -0.1) is 11.6 Å². The lowest BCUT2D eigenvalue weighted by atomic mass is 10.2. The Labute approximate surface area is 82.1 Å². The molecule has 0 aliphatic carbocycles. The molecular formula is C9H11ClN2O. The van der Waals surface area contributed by atoms with Crippen molar-refractivity contribution in [3.8, 4) is 0 Å². The smallest absolute Gasteiger partial charge is 0.228 e. The van der Waals surface area contributed by atoms with Gasteiger partial charge in [-0.2, -0.15) is 0 Å². The van der Waals surface area contributed by atoms with Crippen LogP contribution in [0.2, 0.25) is 0 Å². The van der Waals surface area contributed by atoms with Gasteiger partial charge in [0.1, 0.15) is 0 Å². The van der Waals surface area contributed by atoms with Crippen molar-refractivity contribution in [1.82, 2.24) is 4.98 Å². The van der Waals surface area contributed by atoms with Crippen LogP contribution in [0.3, 0.4) is 0 Å². The van der Waals surface area contributed by atoms with E-state index in [-0.39, 0.29) is 11.8 Å². The average Bonchev–Trinajstić information content (AvgIpc) is 2.18. The summed E-state index contributed by atoms with van der Waals surface area (Å²) in [6.07, 6.45) is 3.25. The number of nitrogens with zero attached hydrogens (tertiary/aromatic N) is 1. The van der Waals surface area contributed by atoms with Crippen LogP contribution in [0.15, 0.2) is 24.5 Å². The molecule has 0 aromatic carbocycles. The standard InChI is InChI=1S/C9H11ClN2O/c1-7(5-10)9(13)12-8-3-2-4-11-6-8/h2-4,6-7H,5H2,1H3,(H,12,13). The van der Waals surface area contributed by atoms with Gasteiger partial charge in [0.2, 0.25) is 5.91 Å². The molecule has 13 heavy (non-hydrogen) atoms. The van der Waals surface area contributed by atoms with Crippen molar-refractivity contribution in [3.05, 3.63) is 24.5 Å². The first kappa shape index (κ1) is 9.99. The SMILES string of the molecule is CC(CCl)C(=O)Nc1cccnc1. The zero-order chi connectivity index (χ0) is 9.68. The van der Waals surface area contributed by atoms with Gasteiger partial charge in [0.05, 0.1) is 11.9 Å². The molecule has 1 aromatic rings. The largest absolute Gasteiger partial charge is 0.324 e. The third kappa shape index (κ3) is 3.03. The highest BCUT2D eigenvalue weighted by atomic mass is 35.5. The van der Waals surface area contributed by atoms with E-state index in [2.05, 4.69) is 10.3 Å². The van der Waals surface area contributed by atoms with Crippen molar-refractivity contribution in [3.63, 3.8) is 0 Å². The minimum atomic E-state index is -0.179. The summed E-state index contributed by atoms with van der Waals surface area (Å²) in [6, 6.07) is 3.55. The van der Waals surface area contributed by atoms with Crippen molar-refractivity contribution in [2.45, 2.75) is 6.92 Å². The first-order valence-electron chi connectivity index (χ1n) is 4.01. The molecule has 1 unspecified atom stereocenters. The quantitative estimate of drug-likeness (QED) is 0.754. The van der Waals surface area contributed by atoms with Crippen LogP contribution in [-0.4, -0.2) is 16.8 Å². The molecule has 0 bridgehead atoms. The normalized spacial score (nSPS) is 12.2. The monoisotopic (exact) mass is 198 g/mol. The fourth-order valence-electron chi connectivity index (χ4n) is 0.772. The Bertz CT molecular complexity index is 276. The van der Waals surface area contributed by atoms with Gasteiger partial charge in [0.25, 0.3) is 0 Å². The number of carbonyl (C=O) groups is 1. The molecule has 0 saturated carbocycles. The molecule has 3 nitrogen and oxygen atoms in total. The Kier molecular flexibility index (Phi) is 3.71. The Hall–Kier alpha value is -1.09. The lowest BCUT2D eigenvalue weighted by Gasteiger charge is -2.07. The lowest BCUT2D eigenvalue weighted by molar-refractivity contribution is -0.118. The Morgan fingerprint density at radius 1 is 1.77 bits per heavy atom. The van der Waals surface area contributed by atoms with E-state index in [1.807, 2.05) is 0 Å². The van der Waals surface area contributed by atoms with Gasteiger partial charge in [-0.3, -0.25) is 9.78 Å². The van der Waals surface area contributed by atoms with E-state index in [1.165, 1.54) is 0 Å². The van der Waals surface area contributed by atoms with E-state index in [0.29, 0.717) is 11.6 Å². The van der Waals surface area contributed by atoms with Crippen LogP contribution in [-0.2, 0) is 4.79 Å². The zero-order valence-corrected chi connectivity index (χ0v) is 8.08. The van der Waals surface area contributed by atoms with Crippen LogP contribution in [0.4, 0.5) is 5.69 Å². The molecule has 0 aliphatic heterocycles. The Morgan fingerprint density at radius 2 is 2.54 bits per heavy atom. The zero-order valence-electron chi connectivity index (χ0n) is 7.33. The number of rotatable bonds is 3. The Balaban J connectivity index is 2.55. The Morgan fingerprint density at radius 3 is 3.08 bits per heavy atom. The second-order valence-electron chi connectivity index (χ2n) is 2.79. The third-order valence-electron chi connectivity index (χ3n) is 1.61. The van der Waals surface area contributed by atoms with Gasteiger partial charge in [-0.25, -0.2) is 0 Å². The second-order valence-corrected chi connectivity index (χ2v) is 3.09. The molecule has 1 rings (SSSR count). The van der Waals surface area contributed by atoms with E-state index in [9.17, 15) is 4.79 Å². The van der Waals surface area contributed by atoms with Crippen LogP contribution < -0.4 is 5.32 Å². The summed E-state index contributed by atoms with van der Waals surface area (Å²) < 4.78 is 0. The van der Waals surface area contributed by atoms with Crippen LogP contribution >= 0.6 is 11.6 Å². The number of carbonyl (C=O) groups excluding carboxylic acids is 1. The van der Waals surface area contributed by atoms with Crippen molar-refractivity contribution in [2.75, 3.05) is 11.2 Å². The molecule has 0 fully saturated rings. The van der Waals surface area contributed by atoms with Crippen LogP contribution in [0.25, 0.3) is 0 Å². The topological polar surface area (TPSA) is 42.0 Å². The molecule has 4 heteroatoms. The maximum atomic E-state index is 11.3. The number of hydrogen-bond donors (Lipinski definition) is 1. The van der Waals surface area contributed by atoms with Crippen molar-refractivity contribution >= 4 is 23.2 Å². The highest BCUT2D eigenvalue weighted by Gasteiger charge is 2.10. The highest BCUT2D eigenvalue weighted by Crippen LogP contribution is 2.06. The number of anilines is 1. The van der Waals surface area contributed by atoms with E-state index < -0.39 is 0 Å². The molecule has 1 N–H and O–H groups in total.